The van der Waals surface area contributed by atoms with Crippen molar-refractivity contribution in [2.75, 3.05) is 0 Å². The Balaban J connectivity index is 2.95. The zero-order valence-electron chi connectivity index (χ0n) is 6.89. The molecule has 3 N–H and O–H groups in total. The number of hydrogen-bond acceptors (Lipinski definition) is 2. The molecule has 0 aliphatic heterocycles. The molecule has 0 aliphatic rings. The minimum atomic E-state index is 0.974. The second-order valence-corrected chi connectivity index (χ2v) is 2.51. The Kier molecular flexibility index (Phi) is 2.31. The van der Waals surface area contributed by atoms with E-state index < -0.39 is 0 Å². The molecule has 0 spiro atoms. The molecule has 0 amide bonds. The fourth-order valence-corrected chi connectivity index (χ4v) is 1.15. The van der Waals surface area contributed by atoms with E-state index in [1.165, 1.54) is 11.3 Å². The van der Waals surface area contributed by atoms with Crippen LogP contribution in [-0.4, -0.2) is 11.2 Å². The van der Waals surface area contributed by atoms with Crippen LogP contribution >= 0.6 is 0 Å². The lowest BCUT2D eigenvalue weighted by atomic mass is 10.2. The van der Waals surface area contributed by atoms with E-state index >= 15 is 0 Å². The molecule has 1 aromatic heterocycles. The van der Waals surface area contributed by atoms with E-state index in [0.29, 0.717) is 0 Å². The number of hydrazone groups is 1. The van der Waals surface area contributed by atoms with Gasteiger partial charge in [-0.15, -0.1) is 0 Å². The summed E-state index contributed by atoms with van der Waals surface area (Å²) in [5, 5.41) is 3.44. The Morgan fingerprint density at radius 3 is 2.91 bits per heavy atom. The number of rotatable bonds is 2. The molecule has 11 heavy (non-hydrogen) atoms. The maximum absolute atomic E-state index is 5.01. The molecule has 1 aromatic rings. The highest BCUT2D eigenvalue weighted by Gasteiger charge is 1.99. The van der Waals surface area contributed by atoms with Crippen LogP contribution in [0, 0.1) is 6.92 Å². The molecule has 3 nitrogen and oxygen atoms in total. The summed E-state index contributed by atoms with van der Waals surface area (Å²) in [5.41, 5.74) is 3.49. The summed E-state index contributed by atoms with van der Waals surface area (Å²) in [5.74, 6) is 5.01. The summed E-state index contributed by atoms with van der Waals surface area (Å²) in [4.78, 5) is 3.17. The quantitative estimate of drug-likeness (QED) is 0.372. The summed E-state index contributed by atoms with van der Waals surface area (Å²) in [6.45, 7) is 4.17. The lowest BCUT2D eigenvalue weighted by Gasteiger charge is -1.88. The van der Waals surface area contributed by atoms with Gasteiger partial charge >= 0.3 is 0 Å². The maximum Gasteiger partial charge on any atom is 0.0700 e. The minimum absolute atomic E-state index is 0.974. The van der Waals surface area contributed by atoms with E-state index in [1.807, 2.05) is 6.92 Å². The van der Waals surface area contributed by atoms with Crippen LogP contribution in [0.25, 0.3) is 0 Å². The Morgan fingerprint density at radius 2 is 2.45 bits per heavy atom. The van der Waals surface area contributed by atoms with Gasteiger partial charge in [-0.2, -0.15) is 5.10 Å². The van der Waals surface area contributed by atoms with Gasteiger partial charge in [0.1, 0.15) is 0 Å². The normalized spacial score (nSPS) is 11.1. The highest BCUT2D eigenvalue weighted by Crippen LogP contribution is 2.08. The molecule has 3 heteroatoms. The van der Waals surface area contributed by atoms with E-state index in [1.54, 1.807) is 6.21 Å². The minimum Gasteiger partial charge on any atom is -0.358 e. The molecule has 60 valence electrons. The van der Waals surface area contributed by atoms with Gasteiger partial charge in [0.25, 0.3) is 0 Å². The number of hydrogen-bond donors (Lipinski definition) is 2. The lowest BCUT2D eigenvalue weighted by molar-refractivity contribution is 1.10. The van der Waals surface area contributed by atoms with Gasteiger partial charge in [-0.25, -0.2) is 0 Å². The molecule has 1 heterocycles. The number of H-pyrrole nitrogens is 1. The average Bonchev–Trinajstić information content (AvgIpc) is 2.32. The van der Waals surface area contributed by atoms with Crippen molar-refractivity contribution in [1.29, 1.82) is 0 Å². The second-order valence-electron chi connectivity index (χ2n) is 2.51. The first-order valence-electron chi connectivity index (χ1n) is 3.69. The van der Waals surface area contributed by atoms with Crippen molar-refractivity contribution in [2.45, 2.75) is 20.3 Å². The van der Waals surface area contributed by atoms with Gasteiger partial charge in [0, 0.05) is 5.69 Å². The predicted octanol–water partition coefficient (Wildman–Crippen LogP) is 1.18. The molecule has 0 unspecified atom stereocenters. The first kappa shape index (κ1) is 7.85. The fourth-order valence-electron chi connectivity index (χ4n) is 1.15. The Bertz CT molecular complexity index is 260. The van der Waals surface area contributed by atoms with Crippen LogP contribution in [0.15, 0.2) is 11.2 Å². The fraction of sp³-hybridized carbons (Fsp3) is 0.375. The van der Waals surface area contributed by atoms with Crippen molar-refractivity contribution in [3.05, 3.63) is 23.0 Å². The summed E-state index contributed by atoms with van der Waals surface area (Å²) >= 11 is 0. The number of aromatic nitrogens is 1. The predicted molar refractivity (Wildman–Crippen MR) is 46.7 cm³/mol. The molecule has 0 fully saturated rings. The third kappa shape index (κ3) is 1.61. The van der Waals surface area contributed by atoms with E-state index in [2.05, 4.69) is 23.1 Å². The molecule has 0 radical (unpaired) electrons. The summed E-state index contributed by atoms with van der Waals surface area (Å²) in [6, 6.07) is 2.06. The molecule has 0 bridgehead atoms. The number of aromatic amines is 1. The van der Waals surface area contributed by atoms with Crippen molar-refractivity contribution in [1.82, 2.24) is 4.98 Å². The van der Waals surface area contributed by atoms with Crippen molar-refractivity contribution >= 4 is 6.21 Å². The third-order valence-corrected chi connectivity index (χ3v) is 1.74. The Morgan fingerprint density at radius 1 is 1.73 bits per heavy atom. The molecule has 0 saturated heterocycles. The monoisotopic (exact) mass is 151 g/mol. The summed E-state index contributed by atoms with van der Waals surface area (Å²) in [7, 11) is 0. The van der Waals surface area contributed by atoms with Crippen LogP contribution in [-0.2, 0) is 6.42 Å². The van der Waals surface area contributed by atoms with Gasteiger partial charge in [-0.3, -0.25) is 0 Å². The molecule has 0 saturated carbocycles. The Hall–Kier alpha value is -1.25. The SMILES string of the molecule is CCc1cc(C=NN)[nH]c1C. The number of nitrogens with one attached hydrogen (secondary N) is 1. The van der Waals surface area contributed by atoms with Crippen LogP contribution in [0.2, 0.25) is 0 Å². The Labute approximate surface area is 66.3 Å². The van der Waals surface area contributed by atoms with E-state index in [0.717, 1.165) is 12.1 Å². The molecular formula is C8H13N3. The van der Waals surface area contributed by atoms with Crippen molar-refractivity contribution < 1.29 is 0 Å². The van der Waals surface area contributed by atoms with Crippen LogP contribution in [0.4, 0.5) is 0 Å². The van der Waals surface area contributed by atoms with Crippen LogP contribution < -0.4 is 5.84 Å². The van der Waals surface area contributed by atoms with Crippen LogP contribution in [0.3, 0.4) is 0 Å². The second kappa shape index (κ2) is 3.23. The largest absolute Gasteiger partial charge is 0.358 e. The zero-order valence-corrected chi connectivity index (χ0v) is 6.89. The van der Waals surface area contributed by atoms with Gasteiger partial charge in [0.2, 0.25) is 0 Å². The maximum atomic E-state index is 5.01. The van der Waals surface area contributed by atoms with Crippen LogP contribution in [0.5, 0.6) is 0 Å². The van der Waals surface area contributed by atoms with Crippen molar-refractivity contribution in [2.24, 2.45) is 10.9 Å². The molecular weight excluding hydrogens is 138 g/mol. The smallest absolute Gasteiger partial charge is 0.0700 e. The molecule has 1 rings (SSSR count). The van der Waals surface area contributed by atoms with Gasteiger partial charge < -0.3 is 10.8 Å². The molecule has 0 atom stereocenters. The topological polar surface area (TPSA) is 54.2 Å². The highest BCUT2D eigenvalue weighted by molar-refractivity contribution is 5.77. The summed E-state index contributed by atoms with van der Waals surface area (Å²) < 4.78 is 0. The first-order valence-corrected chi connectivity index (χ1v) is 3.69. The van der Waals surface area contributed by atoms with E-state index in [4.69, 9.17) is 5.84 Å². The number of nitrogens with zero attached hydrogens (tertiary/aromatic N) is 1. The van der Waals surface area contributed by atoms with Crippen LogP contribution in [0.1, 0.15) is 23.9 Å². The van der Waals surface area contributed by atoms with Crippen molar-refractivity contribution in [3.63, 3.8) is 0 Å². The van der Waals surface area contributed by atoms with Gasteiger partial charge in [0.15, 0.2) is 0 Å². The summed E-state index contributed by atoms with van der Waals surface area (Å²) in [6.07, 6.45) is 2.66. The van der Waals surface area contributed by atoms with E-state index in [-0.39, 0.29) is 0 Å². The standard InChI is InChI=1S/C8H13N3/c1-3-7-4-8(5-10-9)11-6(7)2/h4-5,11H,3,9H2,1-2H3. The van der Waals surface area contributed by atoms with Gasteiger partial charge in [0.05, 0.1) is 11.9 Å². The van der Waals surface area contributed by atoms with E-state index in [9.17, 15) is 0 Å². The van der Waals surface area contributed by atoms with Gasteiger partial charge in [-0.05, 0) is 25.0 Å². The average molecular weight is 151 g/mol. The highest BCUT2D eigenvalue weighted by atomic mass is 15.1. The number of aryl methyl sites for hydroxylation is 2. The molecule has 0 aromatic carbocycles. The first-order chi connectivity index (χ1) is 5.27. The van der Waals surface area contributed by atoms with Gasteiger partial charge in [-0.1, -0.05) is 6.92 Å². The third-order valence-electron chi connectivity index (χ3n) is 1.74. The van der Waals surface area contributed by atoms with Crippen molar-refractivity contribution in [3.8, 4) is 0 Å². The molecule has 0 aliphatic carbocycles. The lowest BCUT2D eigenvalue weighted by Crippen LogP contribution is -1.85. The zero-order chi connectivity index (χ0) is 8.27. The number of nitrogens with two attached hydrogens (primary N) is 1.